The van der Waals surface area contributed by atoms with Gasteiger partial charge in [0, 0.05) is 22.8 Å². The Hall–Kier alpha value is -2.95. The van der Waals surface area contributed by atoms with E-state index in [0.717, 1.165) is 35.2 Å². The molecule has 2 aromatic heterocycles. The fourth-order valence-electron chi connectivity index (χ4n) is 3.06. The summed E-state index contributed by atoms with van der Waals surface area (Å²) in [5.74, 6) is 1.39. The number of halogens is 1. The minimum absolute atomic E-state index is 0.316. The quantitative estimate of drug-likeness (QED) is 0.509. The van der Waals surface area contributed by atoms with E-state index in [9.17, 15) is 4.39 Å². The lowest BCUT2D eigenvalue weighted by Gasteiger charge is -2.11. The standard InChI is InChI=1S/C21H21FN4/c1-13(2)11-12-23-20-15-8-4-6-10-17(15)25-21(26-20)19-18(22)14-7-3-5-9-16(14)24-19/h3-10,13,24H,11-12H2,1-2H3,(H,23,25,26). The third-order valence-corrected chi connectivity index (χ3v) is 4.48. The summed E-state index contributed by atoms with van der Waals surface area (Å²) in [5, 5.41) is 4.89. The highest BCUT2D eigenvalue weighted by molar-refractivity contribution is 5.92. The molecule has 4 rings (SSSR count). The van der Waals surface area contributed by atoms with Crippen molar-refractivity contribution >= 4 is 27.6 Å². The number of hydrogen-bond donors (Lipinski definition) is 2. The molecule has 0 fully saturated rings. The Kier molecular flexibility index (Phi) is 4.29. The van der Waals surface area contributed by atoms with E-state index in [1.807, 2.05) is 42.5 Å². The first kappa shape index (κ1) is 16.5. The van der Waals surface area contributed by atoms with Crippen LogP contribution in [-0.4, -0.2) is 21.5 Å². The van der Waals surface area contributed by atoms with Gasteiger partial charge in [0.2, 0.25) is 0 Å². The van der Waals surface area contributed by atoms with Gasteiger partial charge in [0.1, 0.15) is 11.5 Å². The van der Waals surface area contributed by atoms with Crippen molar-refractivity contribution in [3.8, 4) is 11.5 Å². The molecule has 0 aliphatic rings. The zero-order valence-corrected chi connectivity index (χ0v) is 14.9. The maximum atomic E-state index is 14.9. The number of para-hydroxylation sites is 2. The number of H-pyrrole nitrogens is 1. The van der Waals surface area contributed by atoms with E-state index >= 15 is 0 Å². The van der Waals surface area contributed by atoms with Gasteiger partial charge < -0.3 is 10.3 Å². The van der Waals surface area contributed by atoms with Gasteiger partial charge in [-0.3, -0.25) is 0 Å². The molecule has 2 heterocycles. The van der Waals surface area contributed by atoms with Crippen LogP contribution in [0.3, 0.4) is 0 Å². The third-order valence-electron chi connectivity index (χ3n) is 4.48. The molecular formula is C21H21FN4. The highest BCUT2D eigenvalue weighted by atomic mass is 19.1. The lowest BCUT2D eigenvalue weighted by atomic mass is 10.1. The Morgan fingerprint density at radius 2 is 1.73 bits per heavy atom. The lowest BCUT2D eigenvalue weighted by Crippen LogP contribution is -2.08. The molecule has 26 heavy (non-hydrogen) atoms. The van der Waals surface area contributed by atoms with E-state index in [-0.39, 0.29) is 5.82 Å². The largest absolute Gasteiger partial charge is 0.369 e. The van der Waals surface area contributed by atoms with Crippen LogP contribution in [0.4, 0.5) is 10.2 Å². The van der Waals surface area contributed by atoms with E-state index < -0.39 is 0 Å². The average Bonchev–Trinajstić information content (AvgIpc) is 2.98. The van der Waals surface area contributed by atoms with Crippen LogP contribution in [0.25, 0.3) is 33.3 Å². The molecule has 0 aliphatic carbocycles. The van der Waals surface area contributed by atoms with E-state index in [2.05, 4.69) is 34.1 Å². The zero-order chi connectivity index (χ0) is 18.1. The van der Waals surface area contributed by atoms with Crippen LogP contribution in [-0.2, 0) is 0 Å². The fourth-order valence-corrected chi connectivity index (χ4v) is 3.06. The van der Waals surface area contributed by atoms with Crippen molar-refractivity contribution in [2.45, 2.75) is 20.3 Å². The molecule has 5 heteroatoms. The Labute approximate surface area is 151 Å². The van der Waals surface area contributed by atoms with Crippen LogP contribution in [0.15, 0.2) is 48.5 Å². The van der Waals surface area contributed by atoms with E-state index in [1.54, 1.807) is 6.07 Å². The number of nitrogens with one attached hydrogen (secondary N) is 2. The maximum absolute atomic E-state index is 14.9. The highest BCUT2D eigenvalue weighted by Gasteiger charge is 2.17. The number of nitrogens with zero attached hydrogens (tertiary/aromatic N) is 2. The van der Waals surface area contributed by atoms with Gasteiger partial charge in [0.05, 0.1) is 5.52 Å². The monoisotopic (exact) mass is 348 g/mol. The average molecular weight is 348 g/mol. The minimum Gasteiger partial charge on any atom is -0.369 e. The Bertz CT molecular complexity index is 1070. The van der Waals surface area contributed by atoms with Gasteiger partial charge in [0.15, 0.2) is 11.6 Å². The molecule has 0 amide bonds. The van der Waals surface area contributed by atoms with Crippen molar-refractivity contribution in [2.75, 3.05) is 11.9 Å². The van der Waals surface area contributed by atoms with Crippen molar-refractivity contribution in [3.05, 3.63) is 54.3 Å². The Morgan fingerprint density at radius 1 is 1.00 bits per heavy atom. The second-order valence-electron chi connectivity index (χ2n) is 6.88. The molecule has 0 saturated carbocycles. The van der Waals surface area contributed by atoms with Gasteiger partial charge in [-0.1, -0.05) is 38.1 Å². The van der Waals surface area contributed by atoms with Crippen molar-refractivity contribution in [2.24, 2.45) is 5.92 Å². The van der Waals surface area contributed by atoms with Crippen LogP contribution < -0.4 is 5.32 Å². The molecule has 0 saturated heterocycles. The second kappa shape index (κ2) is 6.75. The van der Waals surface area contributed by atoms with Gasteiger partial charge in [-0.25, -0.2) is 14.4 Å². The van der Waals surface area contributed by atoms with Gasteiger partial charge in [-0.05, 0) is 36.6 Å². The SMILES string of the molecule is CC(C)CCNc1nc(-c2[nH]c3ccccc3c2F)nc2ccccc12. The molecule has 4 nitrogen and oxygen atoms in total. The van der Waals surface area contributed by atoms with Gasteiger partial charge >= 0.3 is 0 Å². The molecule has 4 aromatic rings. The van der Waals surface area contributed by atoms with Gasteiger partial charge in [-0.2, -0.15) is 0 Å². The Balaban J connectivity index is 1.83. The molecule has 0 radical (unpaired) electrons. The molecule has 0 bridgehead atoms. The summed E-state index contributed by atoms with van der Waals surface area (Å²) >= 11 is 0. The molecule has 0 aliphatic heterocycles. The molecule has 2 aromatic carbocycles. The summed E-state index contributed by atoms with van der Waals surface area (Å²) in [7, 11) is 0. The Morgan fingerprint density at radius 3 is 2.50 bits per heavy atom. The van der Waals surface area contributed by atoms with Crippen LogP contribution in [0.1, 0.15) is 20.3 Å². The van der Waals surface area contributed by atoms with Crippen LogP contribution in [0.2, 0.25) is 0 Å². The third kappa shape index (κ3) is 3.01. The summed E-state index contributed by atoms with van der Waals surface area (Å²) < 4.78 is 14.9. The number of fused-ring (bicyclic) bond motifs is 2. The van der Waals surface area contributed by atoms with Crippen LogP contribution in [0, 0.1) is 11.7 Å². The fraction of sp³-hybridized carbons (Fsp3) is 0.238. The minimum atomic E-state index is -0.316. The number of aromatic nitrogens is 3. The molecule has 0 spiro atoms. The number of hydrogen-bond acceptors (Lipinski definition) is 3. The van der Waals surface area contributed by atoms with Crippen LogP contribution >= 0.6 is 0 Å². The van der Waals surface area contributed by atoms with Crippen molar-refractivity contribution in [3.63, 3.8) is 0 Å². The van der Waals surface area contributed by atoms with E-state index in [4.69, 9.17) is 0 Å². The highest BCUT2D eigenvalue weighted by Crippen LogP contribution is 2.29. The molecule has 2 N–H and O–H groups in total. The van der Waals surface area contributed by atoms with E-state index in [0.29, 0.717) is 22.8 Å². The summed E-state index contributed by atoms with van der Waals surface area (Å²) in [6, 6.07) is 15.1. The number of rotatable bonds is 5. The summed E-state index contributed by atoms with van der Waals surface area (Å²) in [6.45, 7) is 5.18. The van der Waals surface area contributed by atoms with Gasteiger partial charge in [0.25, 0.3) is 0 Å². The second-order valence-corrected chi connectivity index (χ2v) is 6.88. The molecular weight excluding hydrogens is 327 g/mol. The predicted octanol–water partition coefficient (Wildman–Crippen LogP) is 5.38. The summed E-state index contributed by atoms with van der Waals surface area (Å²) in [6.07, 6.45) is 1.04. The van der Waals surface area contributed by atoms with Crippen molar-refractivity contribution < 1.29 is 4.39 Å². The molecule has 0 unspecified atom stereocenters. The van der Waals surface area contributed by atoms with Crippen molar-refractivity contribution in [1.82, 2.24) is 15.0 Å². The summed E-state index contributed by atoms with van der Waals surface area (Å²) in [5.41, 5.74) is 1.86. The summed E-state index contributed by atoms with van der Waals surface area (Å²) in [4.78, 5) is 12.3. The molecule has 132 valence electrons. The van der Waals surface area contributed by atoms with Gasteiger partial charge in [-0.15, -0.1) is 0 Å². The number of benzene rings is 2. The van der Waals surface area contributed by atoms with E-state index in [1.165, 1.54) is 0 Å². The van der Waals surface area contributed by atoms with Crippen LogP contribution in [0.5, 0.6) is 0 Å². The normalized spacial score (nSPS) is 11.5. The zero-order valence-electron chi connectivity index (χ0n) is 14.9. The molecule has 0 atom stereocenters. The first-order valence-corrected chi connectivity index (χ1v) is 8.90. The number of anilines is 1. The smallest absolute Gasteiger partial charge is 0.181 e. The predicted molar refractivity (Wildman–Crippen MR) is 105 cm³/mol. The topological polar surface area (TPSA) is 53.6 Å². The lowest BCUT2D eigenvalue weighted by molar-refractivity contribution is 0.607. The maximum Gasteiger partial charge on any atom is 0.181 e. The number of aromatic amines is 1. The van der Waals surface area contributed by atoms with Crippen molar-refractivity contribution in [1.29, 1.82) is 0 Å². The first-order valence-electron chi connectivity index (χ1n) is 8.90. The first-order chi connectivity index (χ1) is 12.6.